The first-order valence-electron chi connectivity index (χ1n) is 23.3. The second-order valence-electron chi connectivity index (χ2n) is 19.5. The molecule has 4 heterocycles. The molecular formula is C49H61ClO17. The van der Waals surface area contributed by atoms with Crippen molar-refractivity contribution in [3.05, 3.63) is 75.8 Å². The molecule has 1 spiro atoms. The Balaban J connectivity index is 0.950. The Bertz CT molecular complexity index is 2230. The molecule has 3 fully saturated rings. The molecule has 1 saturated carbocycles. The van der Waals surface area contributed by atoms with Crippen LogP contribution >= 0.6 is 11.6 Å². The third-order valence-electron chi connectivity index (χ3n) is 15.3. The number of aliphatic hydroxyl groups excluding tert-OH is 4. The molecule has 366 valence electrons. The van der Waals surface area contributed by atoms with Crippen LogP contribution in [0.5, 0.6) is 5.75 Å². The second-order valence-corrected chi connectivity index (χ2v) is 19.9. The van der Waals surface area contributed by atoms with E-state index in [0.717, 1.165) is 12.8 Å². The topological polar surface area (TPSA) is 254 Å². The van der Waals surface area contributed by atoms with Crippen molar-refractivity contribution in [2.75, 3.05) is 0 Å². The number of allylic oxidation sites excluding steroid dienone is 2. The van der Waals surface area contributed by atoms with E-state index >= 15 is 0 Å². The van der Waals surface area contributed by atoms with E-state index in [0.29, 0.717) is 37.7 Å². The quantitative estimate of drug-likeness (QED) is 0.110. The van der Waals surface area contributed by atoms with Crippen LogP contribution in [0.2, 0.25) is 5.02 Å². The van der Waals surface area contributed by atoms with Gasteiger partial charge in [-0.15, -0.1) is 0 Å². The van der Waals surface area contributed by atoms with Crippen molar-refractivity contribution in [1.29, 1.82) is 0 Å². The van der Waals surface area contributed by atoms with Gasteiger partial charge in [-0.3, -0.25) is 4.79 Å². The van der Waals surface area contributed by atoms with Gasteiger partial charge < -0.3 is 63.8 Å². The summed E-state index contributed by atoms with van der Waals surface area (Å²) in [6.07, 6.45) is 2.05. The van der Waals surface area contributed by atoms with Crippen LogP contribution in [0.1, 0.15) is 101 Å². The van der Waals surface area contributed by atoms with E-state index in [2.05, 4.69) is 0 Å². The largest absolute Gasteiger partial charge is 0.507 e. The number of rotatable bonds is 7. The normalized spacial score (nSPS) is 41.6. The van der Waals surface area contributed by atoms with Gasteiger partial charge in [0.2, 0.25) is 0 Å². The van der Waals surface area contributed by atoms with Gasteiger partial charge >= 0.3 is 23.9 Å². The van der Waals surface area contributed by atoms with E-state index in [9.17, 15) is 49.8 Å². The van der Waals surface area contributed by atoms with Crippen LogP contribution in [-0.4, -0.2) is 122 Å². The lowest BCUT2D eigenvalue weighted by Crippen LogP contribution is -2.61. The van der Waals surface area contributed by atoms with E-state index in [-0.39, 0.29) is 52.5 Å². The number of aliphatic hydroxyl groups is 4. The van der Waals surface area contributed by atoms with Gasteiger partial charge in [-0.05, 0) is 95.2 Å². The summed E-state index contributed by atoms with van der Waals surface area (Å²) in [5.41, 5.74) is -2.56. The summed E-state index contributed by atoms with van der Waals surface area (Å²) in [5, 5.41) is 66.3. The van der Waals surface area contributed by atoms with Crippen LogP contribution in [0, 0.1) is 41.9 Å². The first kappa shape index (κ1) is 49.1. The highest BCUT2D eigenvalue weighted by atomic mass is 35.5. The molecule has 2 bridgehead atoms. The van der Waals surface area contributed by atoms with Crippen LogP contribution in [0.4, 0.5) is 0 Å². The molecule has 1 aromatic carbocycles. The Morgan fingerprint density at radius 3 is 2.37 bits per heavy atom. The van der Waals surface area contributed by atoms with Crippen LogP contribution < -0.4 is 0 Å². The zero-order valence-electron chi connectivity index (χ0n) is 38.1. The minimum absolute atomic E-state index is 0.0323. The first-order valence-corrected chi connectivity index (χ1v) is 23.7. The van der Waals surface area contributed by atoms with E-state index in [1.807, 2.05) is 25.2 Å². The van der Waals surface area contributed by atoms with Gasteiger partial charge in [-0.2, -0.15) is 0 Å². The Morgan fingerprint density at radius 1 is 0.896 bits per heavy atom. The van der Waals surface area contributed by atoms with Crippen molar-refractivity contribution in [1.82, 2.24) is 0 Å². The molecule has 3 aliphatic carbocycles. The summed E-state index contributed by atoms with van der Waals surface area (Å²) in [7, 11) is 0. The Morgan fingerprint density at radius 2 is 1.64 bits per heavy atom. The van der Waals surface area contributed by atoms with Crippen LogP contribution in [0.3, 0.4) is 0 Å². The SMILES string of the molecule is Cc1c(Cl)ccc(O)c1C(=O)O[C@H]1[C@H](O)C[C@H](O[C@H]2[C@H](O)[C@@H](O)[C@H](O[C@@H]3CCC[C@@H]4[C@@H]3C=C[C@H]3CCCC/C=C\[C@@H]5C=C(C(=O)O)[C@H](C)C[C@]56OC(=O)C(=C6O)OC(=O)[C@@]43C)O[C@@H]2C)O[C@@H]1C. The minimum Gasteiger partial charge on any atom is -0.507 e. The van der Waals surface area contributed by atoms with E-state index in [4.69, 9.17) is 44.8 Å². The van der Waals surface area contributed by atoms with Crippen molar-refractivity contribution < 1.29 is 83.0 Å². The van der Waals surface area contributed by atoms with Crippen molar-refractivity contribution >= 4 is 35.5 Å². The number of aromatic hydroxyl groups is 1. The van der Waals surface area contributed by atoms with Gasteiger partial charge in [0.15, 0.2) is 30.0 Å². The molecule has 0 radical (unpaired) electrons. The van der Waals surface area contributed by atoms with Gasteiger partial charge in [-0.25, -0.2) is 14.4 Å². The molecule has 67 heavy (non-hydrogen) atoms. The Kier molecular flexibility index (Phi) is 14.1. The molecule has 17 atom stereocenters. The zero-order chi connectivity index (χ0) is 48.3. The van der Waals surface area contributed by atoms with Gasteiger partial charge in [0.1, 0.15) is 29.6 Å². The molecule has 17 nitrogen and oxygen atoms in total. The monoisotopic (exact) mass is 956 g/mol. The number of ether oxygens (including phenoxy) is 7. The number of phenols is 1. The predicted octanol–water partition coefficient (Wildman–Crippen LogP) is 5.63. The van der Waals surface area contributed by atoms with Crippen LogP contribution in [0.25, 0.3) is 0 Å². The van der Waals surface area contributed by atoms with Gasteiger partial charge in [-0.1, -0.05) is 61.7 Å². The maximum Gasteiger partial charge on any atom is 0.379 e. The number of carboxylic acids is 1. The lowest BCUT2D eigenvalue weighted by molar-refractivity contribution is -0.343. The molecule has 2 saturated heterocycles. The van der Waals surface area contributed by atoms with Gasteiger partial charge in [0.05, 0.1) is 29.8 Å². The zero-order valence-corrected chi connectivity index (χ0v) is 38.9. The molecule has 7 aliphatic rings. The highest BCUT2D eigenvalue weighted by Gasteiger charge is 2.60. The summed E-state index contributed by atoms with van der Waals surface area (Å²) < 4.78 is 42.2. The van der Waals surface area contributed by atoms with Crippen LogP contribution in [0.15, 0.2) is 59.6 Å². The molecule has 0 aromatic heterocycles. The smallest absolute Gasteiger partial charge is 0.379 e. The summed E-state index contributed by atoms with van der Waals surface area (Å²) in [5.74, 6) is -7.70. The summed E-state index contributed by atoms with van der Waals surface area (Å²) in [6.45, 7) is 8.26. The molecular weight excluding hydrogens is 896 g/mol. The summed E-state index contributed by atoms with van der Waals surface area (Å²) >= 11 is 6.15. The van der Waals surface area contributed by atoms with Gasteiger partial charge in [0, 0.05) is 35.3 Å². The number of fused-ring (bicyclic) bond motifs is 3. The Labute approximate surface area is 393 Å². The number of carboxylic acid groups (broad SMARTS) is 1. The molecule has 1 aromatic rings. The van der Waals surface area contributed by atoms with E-state index in [1.165, 1.54) is 18.2 Å². The number of hydrogen-bond acceptors (Lipinski definition) is 16. The average Bonchev–Trinajstić information content (AvgIpc) is 3.50. The van der Waals surface area contributed by atoms with E-state index < -0.39 is 120 Å². The number of phenolic OH excluding ortho intramolecular Hbond substituents is 1. The fourth-order valence-corrected chi connectivity index (χ4v) is 11.7. The molecule has 4 aliphatic heterocycles. The van der Waals surface area contributed by atoms with Crippen molar-refractivity contribution in [2.24, 2.45) is 35.0 Å². The van der Waals surface area contributed by atoms with Crippen LogP contribution in [-0.2, 0) is 47.5 Å². The van der Waals surface area contributed by atoms with Gasteiger partial charge in [0.25, 0.3) is 5.76 Å². The molecule has 0 unspecified atom stereocenters. The lowest BCUT2D eigenvalue weighted by atomic mass is 9.55. The van der Waals surface area contributed by atoms with Crippen molar-refractivity contribution in [3.8, 4) is 5.75 Å². The summed E-state index contributed by atoms with van der Waals surface area (Å²) in [6, 6.07) is 2.71. The number of carbonyl (C=O) groups excluding carboxylic acids is 3. The standard InChI is InChI=1S/C49H61ClO17/c1-22-21-49-27(19-29(22)43(56)57)12-9-7-6-8-11-26-15-16-28-30(48(26,5)47(60)66-41(42(49)55)45(59)67-49)13-10-14-34(28)63-46-38(54)37(53)40(25(4)62-46)64-35-20-33(52)39(24(3)61-35)65-44(58)36-23(2)31(50)17-18-32(36)51/h9,12,15-19,22,24-28,30,33-35,37-40,46,51-55H,6-8,10-11,13-14,20-21H2,1-5H3,(H,56,57)/b12-9-/t22-,24-,25-,26-,27-,28+,30-,33-,34-,35+,37-,38-,39-,40-,46+,48-,49+/m1/s1. The van der Waals surface area contributed by atoms with E-state index in [1.54, 1.807) is 33.8 Å². The average molecular weight is 957 g/mol. The summed E-state index contributed by atoms with van der Waals surface area (Å²) in [4.78, 5) is 53.5. The number of benzene rings is 1. The van der Waals surface area contributed by atoms with Crippen molar-refractivity contribution in [2.45, 2.75) is 159 Å². The third-order valence-corrected chi connectivity index (χ3v) is 15.7. The molecule has 0 amide bonds. The predicted molar refractivity (Wildman–Crippen MR) is 235 cm³/mol. The maximum atomic E-state index is 14.7. The number of esters is 3. The number of halogens is 1. The highest BCUT2D eigenvalue weighted by Crippen LogP contribution is 2.55. The highest BCUT2D eigenvalue weighted by molar-refractivity contribution is 6.32. The molecule has 6 N–H and O–H groups in total. The minimum atomic E-state index is -1.65. The fraction of sp³-hybridized carbons (Fsp3) is 0.633. The number of hydrogen-bond donors (Lipinski definition) is 6. The van der Waals surface area contributed by atoms with Crippen molar-refractivity contribution in [3.63, 3.8) is 0 Å². The Hall–Kier alpha value is -4.33. The molecule has 8 rings (SSSR count). The maximum absolute atomic E-state index is 14.7. The lowest BCUT2D eigenvalue weighted by Gasteiger charge is -2.51. The fourth-order valence-electron chi connectivity index (χ4n) is 11.5. The second kappa shape index (κ2) is 19.2. The number of carbonyl (C=O) groups is 4. The molecule has 18 heteroatoms. The number of aliphatic carboxylic acids is 1. The third kappa shape index (κ3) is 8.95. The first-order chi connectivity index (χ1) is 31.8.